The Morgan fingerprint density at radius 1 is 0.741 bits per heavy atom. The highest BCUT2D eigenvalue weighted by atomic mass is 19.4. The van der Waals surface area contributed by atoms with Crippen molar-refractivity contribution >= 4 is 0 Å². The summed E-state index contributed by atoms with van der Waals surface area (Å²) in [5.41, 5.74) is 0. The Kier molecular flexibility index (Phi) is 10.4. The number of hydrogen-bond donors (Lipinski definition) is 0. The lowest BCUT2D eigenvalue weighted by Gasteiger charge is -2.28. The van der Waals surface area contributed by atoms with Gasteiger partial charge in [-0.25, -0.2) is 0 Å². The largest absolute Gasteiger partial charge is 0.459 e. The first-order valence-corrected chi connectivity index (χ1v) is 9.63. The minimum Gasteiger partial charge on any atom is -0.353 e. The predicted octanol–water partition coefficient (Wildman–Crippen LogP) is 6.87. The standard InChI is InChI=1S/C18H29F7O2/c19-16(20,17(21,22)18(23,24)25)12-8-5-3-1-2-4-6-9-13-26-15-11-7-10-14-27-15/h15H,1-14H2. The van der Waals surface area contributed by atoms with Crippen LogP contribution in [0, 0.1) is 0 Å². The number of unbranched alkanes of at least 4 members (excludes halogenated alkanes) is 7. The second kappa shape index (κ2) is 11.4. The van der Waals surface area contributed by atoms with Crippen LogP contribution in [0.1, 0.15) is 77.0 Å². The van der Waals surface area contributed by atoms with E-state index in [1.165, 1.54) is 0 Å². The maximum absolute atomic E-state index is 13.1. The molecule has 9 heteroatoms. The monoisotopic (exact) mass is 410 g/mol. The van der Waals surface area contributed by atoms with Gasteiger partial charge in [0.2, 0.25) is 0 Å². The van der Waals surface area contributed by atoms with E-state index >= 15 is 0 Å². The molecule has 0 N–H and O–H groups in total. The van der Waals surface area contributed by atoms with Gasteiger partial charge in [0, 0.05) is 19.6 Å². The minimum atomic E-state index is -6.23. The molecule has 1 fully saturated rings. The van der Waals surface area contributed by atoms with Crippen molar-refractivity contribution in [3.8, 4) is 0 Å². The van der Waals surface area contributed by atoms with Gasteiger partial charge in [-0.1, -0.05) is 38.5 Å². The van der Waals surface area contributed by atoms with E-state index in [1.807, 2.05) is 0 Å². The summed E-state index contributed by atoms with van der Waals surface area (Å²) >= 11 is 0. The van der Waals surface area contributed by atoms with Crippen LogP contribution in [0.25, 0.3) is 0 Å². The summed E-state index contributed by atoms with van der Waals surface area (Å²) in [5.74, 6) is -11.0. The first-order valence-electron chi connectivity index (χ1n) is 9.63. The molecular weight excluding hydrogens is 381 g/mol. The lowest BCUT2D eigenvalue weighted by Crippen LogP contribution is -2.51. The van der Waals surface area contributed by atoms with Crippen LogP contribution >= 0.6 is 0 Å². The Labute approximate surface area is 155 Å². The normalized spacial score (nSPS) is 19.4. The Bertz CT molecular complexity index is 394. The zero-order valence-electron chi connectivity index (χ0n) is 15.4. The fourth-order valence-electron chi connectivity index (χ4n) is 2.93. The third-order valence-electron chi connectivity index (χ3n) is 4.64. The summed E-state index contributed by atoms with van der Waals surface area (Å²) in [5, 5.41) is 0. The molecule has 0 aromatic carbocycles. The first-order chi connectivity index (χ1) is 12.6. The SMILES string of the molecule is FC(F)(F)C(F)(F)C(F)(F)CCCCCCCCCCOC1CCCCO1. The number of ether oxygens (including phenoxy) is 2. The van der Waals surface area contributed by atoms with Crippen LogP contribution in [0.4, 0.5) is 30.7 Å². The smallest absolute Gasteiger partial charge is 0.353 e. The average molecular weight is 410 g/mol. The van der Waals surface area contributed by atoms with Crippen LogP contribution in [-0.2, 0) is 9.47 Å². The molecule has 1 rings (SSSR count). The lowest BCUT2D eigenvalue weighted by atomic mass is 10.0. The predicted molar refractivity (Wildman–Crippen MR) is 87.0 cm³/mol. The molecule has 27 heavy (non-hydrogen) atoms. The summed E-state index contributed by atoms with van der Waals surface area (Å²) in [6.45, 7) is 1.37. The molecule has 0 radical (unpaired) electrons. The van der Waals surface area contributed by atoms with Crippen molar-refractivity contribution in [3.05, 3.63) is 0 Å². The molecule has 162 valence electrons. The molecule has 0 bridgehead atoms. The van der Waals surface area contributed by atoms with E-state index < -0.39 is 24.4 Å². The van der Waals surface area contributed by atoms with Gasteiger partial charge in [0.1, 0.15) is 0 Å². The van der Waals surface area contributed by atoms with Crippen molar-refractivity contribution in [3.63, 3.8) is 0 Å². The molecule has 0 amide bonds. The van der Waals surface area contributed by atoms with Crippen LogP contribution < -0.4 is 0 Å². The maximum Gasteiger partial charge on any atom is 0.459 e. The van der Waals surface area contributed by atoms with Crippen LogP contribution in [-0.4, -0.2) is 37.5 Å². The second-order valence-electron chi connectivity index (χ2n) is 7.02. The van der Waals surface area contributed by atoms with E-state index in [2.05, 4.69) is 0 Å². The highest BCUT2D eigenvalue weighted by Crippen LogP contribution is 2.48. The van der Waals surface area contributed by atoms with E-state index in [0.29, 0.717) is 13.0 Å². The van der Waals surface area contributed by atoms with E-state index in [4.69, 9.17) is 9.47 Å². The highest BCUT2D eigenvalue weighted by Gasteiger charge is 2.72. The molecule has 2 nitrogen and oxygen atoms in total. The summed E-state index contributed by atoms with van der Waals surface area (Å²) in [7, 11) is 0. The Balaban J connectivity index is 1.96. The molecular formula is C18H29F7O2. The van der Waals surface area contributed by atoms with Crippen molar-refractivity contribution in [2.24, 2.45) is 0 Å². The molecule has 0 saturated carbocycles. The first kappa shape index (κ1) is 24.5. The van der Waals surface area contributed by atoms with E-state index in [0.717, 1.165) is 58.0 Å². The molecule has 0 aliphatic carbocycles. The number of rotatable bonds is 13. The van der Waals surface area contributed by atoms with Gasteiger partial charge in [-0.05, 0) is 32.1 Å². The average Bonchev–Trinajstić information content (AvgIpc) is 2.59. The van der Waals surface area contributed by atoms with E-state index in [1.54, 1.807) is 0 Å². The molecule has 0 spiro atoms. The van der Waals surface area contributed by atoms with E-state index in [-0.39, 0.29) is 19.1 Å². The molecule has 1 saturated heterocycles. The van der Waals surface area contributed by atoms with Gasteiger partial charge in [0.25, 0.3) is 0 Å². The summed E-state index contributed by atoms with van der Waals surface area (Å²) in [6.07, 6.45) is 0.145. The van der Waals surface area contributed by atoms with Gasteiger partial charge in [0.05, 0.1) is 0 Å². The topological polar surface area (TPSA) is 18.5 Å². The maximum atomic E-state index is 13.1. The highest BCUT2D eigenvalue weighted by molar-refractivity contribution is 4.90. The van der Waals surface area contributed by atoms with Crippen molar-refractivity contribution in [1.29, 1.82) is 0 Å². The van der Waals surface area contributed by atoms with Crippen molar-refractivity contribution in [2.45, 2.75) is 101 Å². The Morgan fingerprint density at radius 3 is 1.81 bits per heavy atom. The molecule has 1 atom stereocenters. The third kappa shape index (κ3) is 8.54. The zero-order chi connectivity index (χ0) is 20.4. The third-order valence-corrected chi connectivity index (χ3v) is 4.64. The van der Waals surface area contributed by atoms with Crippen molar-refractivity contribution in [1.82, 2.24) is 0 Å². The van der Waals surface area contributed by atoms with Gasteiger partial charge >= 0.3 is 18.0 Å². The van der Waals surface area contributed by atoms with E-state index in [9.17, 15) is 30.7 Å². The number of halogens is 7. The number of hydrogen-bond acceptors (Lipinski definition) is 2. The molecule has 1 aliphatic rings. The Morgan fingerprint density at radius 2 is 1.30 bits per heavy atom. The van der Waals surface area contributed by atoms with Crippen LogP contribution in [0.15, 0.2) is 0 Å². The van der Waals surface area contributed by atoms with Gasteiger partial charge in [0.15, 0.2) is 6.29 Å². The van der Waals surface area contributed by atoms with Crippen molar-refractivity contribution < 1.29 is 40.2 Å². The fourth-order valence-corrected chi connectivity index (χ4v) is 2.93. The zero-order valence-corrected chi connectivity index (χ0v) is 15.4. The number of alkyl halides is 7. The fraction of sp³-hybridized carbons (Fsp3) is 1.00. The van der Waals surface area contributed by atoms with Gasteiger partial charge < -0.3 is 9.47 Å². The van der Waals surface area contributed by atoms with Gasteiger partial charge in [-0.3, -0.25) is 0 Å². The molecule has 0 aromatic rings. The van der Waals surface area contributed by atoms with Gasteiger partial charge in [-0.15, -0.1) is 0 Å². The molecule has 1 unspecified atom stereocenters. The molecule has 1 aliphatic heterocycles. The minimum absolute atomic E-state index is 0.0957. The van der Waals surface area contributed by atoms with Gasteiger partial charge in [-0.2, -0.15) is 30.7 Å². The van der Waals surface area contributed by atoms with Crippen LogP contribution in [0.3, 0.4) is 0 Å². The van der Waals surface area contributed by atoms with Crippen LogP contribution in [0.5, 0.6) is 0 Å². The van der Waals surface area contributed by atoms with Crippen molar-refractivity contribution in [2.75, 3.05) is 13.2 Å². The lowest BCUT2D eigenvalue weighted by molar-refractivity contribution is -0.355. The summed E-state index contributed by atoms with van der Waals surface area (Å²) < 4.78 is 98.6. The second-order valence-corrected chi connectivity index (χ2v) is 7.02. The summed E-state index contributed by atoms with van der Waals surface area (Å²) in [4.78, 5) is 0. The van der Waals surface area contributed by atoms with Crippen LogP contribution in [0.2, 0.25) is 0 Å². The molecule has 1 heterocycles. The molecule has 0 aromatic heterocycles. The Hall–Kier alpha value is -0.570. The quantitative estimate of drug-likeness (QED) is 0.244. The summed E-state index contributed by atoms with van der Waals surface area (Å²) in [6, 6.07) is 0.